The molecule has 0 aliphatic heterocycles. The van der Waals surface area contributed by atoms with Crippen molar-refractivity contribution in [2.24, 2.45) is 0 Å². The van der Waals surface area contributed by atoms with Gasteiger partial charge in [-0.25, -0.2) is 0 Å². The van der Waals surface area contributed by atoms with Crippen LogP contribution in [0, 0.1) is 13.8 Å². The van der Waals surface area contributed by atoms with Gasteiger partial charge in [0.1, 0.15) is 6.04 Å². The molecule has 0 aliphatic rings. The van der Waals surface area contributed by atoms with Gasteiger partial charge in [-0.15, -0.1) is 0 Å². The van der Waals surface area contributed by atoms with Crippen LogP contribution in [-0.2, 0) is 4.79 Å². The average molecular weight is 362 g/mol. The fourth-order valence-corrected chi connectivity index (χ4v) is 2.64. The molecule has 0 aliphatic carbocycles. The molecule has 3 aromatic rings. The Hall–Kier alpha value is -3.41. The zero-order valence-corrected chi connectivity index (χ0v) is 15.6. The molecule has 27 heavy (non-hydrogen) atoms. The molecule has 138 valence electrons. The summed E-state index contributed by atoms with van der Waals surface area (Å²) in [5.41, 5.74) is 4.03. The van der Waals surface area contributed by atoms with Crippen LogP contribution in [-0.4, -0.2) is 21.6 Å². The first kappa shape index (κ1) is 18.4. The summed E-state index contributed by atoms with van der Waals surface area (Å²) >= 11 is 0. The number of nitrogens with zero attached hydrogens (tertiary/aromatic N) is 2. The Kier molecular flexibility index (Phi) is 5.35. The van der Waals surface area contributed by atoms with Crippen molar-refractivity contribution >= 4 is 23.2 Å². The first-order chi connectivity index (χ1) is 12.9. The third-order valence-corrected chi connectivity index (χ3v) is 4.46. The number of carbonyl (C=O) groups is 2. The first-order valence-electron chi connectivity index (χ1n) is 8.72. The number of carbonyl (C=O) groups excluding carboxylic acids is 2. The van der Waals surface area contributed by atoms with E-state index in [2.05, 4.69) is 15.7 Å². The van der Waals surface area contributed by atoms with Crippen LogP contribution in [0.2, 0.25) is 0 Å². The Morgan fingerprint density at radius 1 is 0.963 bits per heavy atom. The molecule has 1 heterocycles. The number of nitrogens with one attached hydrogen (secondary N) is 2. The molecule has 0 radical (unpaired) electrons. The van der Waals surface area contributed by atoms with E-state index < -0.39 is 6.04 Å². The van der Waals surface area contributed by atoms with E-state index in [-0.39, 0.29) is 11.8 Å². The summed E-state index contributed by atoms with van der Waals surface area (Å²) in [7, 11) is 0. The molecular formula is C21H22N4O2. The van der Waals surface area contributed by atoms with Crippen molar-refractivity contribution in [1.29, 1.82) is 0 Å². The molecule has 2 N–H and O–H groups in total. The van der Waals surface area contributed by atoms with Crippen molar-refractivity contribution in [3.05, 3.63) is 77.6 Å². The van der Waals surface area contributed by atoms with Gasteiger partial charge in [-0.3, -0.25) is 14.3 Å². The Morgan fingerprint density at radius 2 is 1.70 bits per heavy atom. The second-order valence-electron chi connectivity index (χ2n) is 6.49. The van der Waals surface area contributed by atoms with Gasteiger partial charge in [-0.1, -0.05) is 12.1 Å². The molecular weight excluding hydrogens is 340 g/mol. The Balaban J connectivity index is 1.69. The van der Waals surface area contributed by atoms with Crippen LogP contribution in [0.1, 0.15) is 34.5 Å². The van der Waals surface area contributed by atoms with Gasteiger partial charge in [0.05, 0.1) is 0 Å². The van der Waals surface area contributed by atoms with E-state index in [1.54, 1.807) is 60.4 Å². The number of hydrogen-bond donors (Lipinski definition) is 2. The van der Waals surface area contributed by atoms with Crippen molar-refractivity contribution in [1.82, 2.24) is 9.78 Å². The lowest BCUT2D eigenvalue weighted by molar-refractivity contribution is -0.119. The predicted molar refractivity (Wildman–Crippen MR) is 106 cm³/mol. The molecule has 6 nitrogen and oxygen atoms in total. The molecule has 0 saturated heterocycles. The van der Waals surface area contributed by atoms with Gasteiger partial charge >= 0.3 is 0 Å². The summed E-state index contributed by atoms with van der Waals surface area (Å²) in [6.07, 6.45) is 3.37. The Labute approximate surface area is 158 Å². The van der Waals surface area contributed by atoms with E-state index in [1.807, 2.05) is 26.0 Å². The Morgan fingerprint density at radius 3 is 2.37 bits per heavy atom. The summed E-state index contributed by atoms with van der Waals surface area (Å²) in [6.45, 7) is 5.75. The first-order valence-corrected chi connectivity index (χ1v) is 8.72. The van der Waals surface area contributed by atoms with Gasteiger partial charge in [-0.05, 0) is 68.3 Å². The highest BCUT2D eigenvalue weighted by molar-refractivity contribution is 6.05. The topological polar surface area (TPSA) is 76.0 Å². The minimum absolute atomic E-state index is 0.184. The number of benzene rings is 2. The summed E-state index contributed by atoms with van der Waals surface area (Å²) in [6, 6.07) is 14.0. The molecule has 0 bridgehead atoms. The SMILES string of the molecule is Cc1ccc(C(=O)Nc2cccc(NC(=O)[C@@H](C)n3cccn3)c2)cc1C. The lowest BCUT2D eigenvalue weighted by Crippen LogP contribution is -2.24. The zero-order chi connectivity index (χ0) is 19.4. The maximum Gasteiger partial charge on any atom is 0.255 e. The summed E-state index contributed by atoms with van der Waals surface area (Å²) in [4.78, 5) is 24.8. The average Bonchev–Trinajstić information content (AvgIpc) is 3.18. The van der Waals surface area contributed by atoms with E-state index in [0.717, 1.165) is 11.1 Å². The maximum absolute atomic E-state index is 12.5. The number of aryl methyl sites for hydroxylation is 2. The van der Waals surface area contributed by atoms with Crippen molar-refractivity contribution in [3.63, 3.8) is 0 Å². The number of anilines is 2. The molecule has 3 rings (SSSR count). The van der Waals surface area contributed by atoms with E-state index >= 15 is 0 Å². The summed E-state index contributed by atoms with van der Waals surface area (Å²) < 4.78 is 1.58. The lowest BCUT2D eigenvalue weighted by atomic mass is 10.1. The minimum Gasteiger partial charge on any atom is -0.324 e. The van der Waals surface area contributed by atoms with Gasteiger partial charge in [-0.2, -0.15) is 5.10 Å². The Bertz CT molecular complexity index is 964. The highest BCUT2D eigenvalue weighted by Gasteiger charge is 2.15. The summed E-state index contributed by atoms with van der Waals surface area (Å²) in [5, 5.41) is 9.80. The normalized spacial score (nSPS) is 11.7. The largest absolute Gasteiger partial charge is 0.324 e. The third-order valence-electron chi connectivity index (χ3n) is 4.46. The minimum atomic E-state index is -0.436. The number of amides is 2. The lowest BCUT2D eigenvalue weighted by Gasteiger charge is -2.13. The molecule has 2 aromatic carbocycles. The number of aromatic nitrogens is 2. The molecule has 2 amide bonds. The summed E-state index contributed by atoms with van der Waals surface area (Å²) in [5.74, 6) is -0.372. The molecule has 1 atom stereocenters. The second-order valence-corrected chi connectivity index (χ2v) is 6.49. The van der Waals surface area contributed by atoms with Gasteiger partial charge in [0, 0.05) is 29.3 Å². The molecule has 1 aromatic heterocycles. The van der Waals surface area contributed by atoms with Crippen molar-refractivity contribution < 1.29 is 9.59 Å². The smallest absolute Gasteiger partial charge is 0.255 e. The highest BCUT2D eigenvalue weighted by atomic mass is 16.2. The van der Waals surface area contributed by atoms with Crippen molar-refractivity contribution in [2.45, 2.75) is 26.8 Å². The predicted octanol–water partition coefficient (Wildman–Crippen LogP) is 3.95. The van der Waals surface area contributed by atoms with E-state index in [0.29, 0.717) is 16.9 Å². The standard InChI is InChI=1S/C21H22N4O2/c1-14-8-9-17(12-15(14)2)21(27)24-19-7-4-6-18(13-19)23-20(26)16(3)25-11-5-10-22-25/h4-13,16H,1-3H3,(H,23,26)(H,24,27)/t16-/m1/s1. The molecule has 0 fully saturated rings. The molecule has 0 unspecified atom stereocenters. The van der Waals surface area contributed by atoms with Crippen LogP contribution < -0.4 is 10.6 Å². The molecule has 0 saturated carbocycles. The number of hydrogen-bond acceptors (Lipinski definition) is 3. The van der Waals surface area contributed by atoms with Crippen molar-refractivity contribution in [3.8, 4) is 0 Å². The maximum atomic E-state index is 12.5. The number of rotatable bonds is 5. The van der Waals surface area contributed by atoms with Crippen LogP contribution >= 0.6 is 0 Å². The second kappa shape index (κ2) is 7.86. The fraction of sp³-hybridized carbons (Fsp3) is 0.190. The van der Waals surface area contributed by atoms with Crippen molar-refractivity contribution in [2.75, 3.05) is 10.6 Å². The van der Waals surface area contributed by atoms with Gasteiger partial charge in [0.25, 0.3) is 5.91 Å². The van der Waals surface area contributed by atoms with Gasteiger partial charge in [0.15, 0.2) is 0 Å². The highest BCUT2D eigenvalue weighted by Crippen LogP contribution is 2.18. The van der Waals surface area contributed by atoms with E-state index in [1.165, 1.54) is 0 Å². The van der Waals surface area contributed by atoms with Crippen LogP contribution in [0.4, 0.5) is 11.4 Å². The third kappa shape index (κ3) is 4.41. The van der Waals surface area contributed by atoms with Crippen LogP contribution in [0.25, 0.3) is 0 Å². The van der Waals surface area contributed by atoms with Crippen LogP contribution in [0.5, 0.6) is 0 Å². The quantitative estimate of drug-likeness (QED) is 0.721. The van der Waals surface area contributed by atoms with Gasteiger partial charge in [0.2, 0.25) is 5.91 Å². The van der Waals surface area contributed by atoms with Crippen LogP contribution in [0.15, 0.2) is 60.9 Å². The van der Waals surface area contributed by atoms with E-state index in [9.17, 15) is 9.59 Å². The molecule has 6 heteroatoms. The molecule has 0 spiro atoms. The van der Waals surface area contributed by atoms with Gasteiger partial charge < -0.3 is 10.6 Å². The van der Waals surface area contributed by atoms with E-state index in [4.69, 9.17) is 0 Å². The van der Waals surface area contributed by atoms with Crippen LogP contribution in [0.3, 0.4) is 0 Å². The zero-order valence-electron chi connectivity index (χ0n) is 15.6. The monoisotopic (exact) mass is 362 g/mol. The fourth-order valence-electron chi connectivity index (χ4n) is 2.64.